The van der Waals surface area contributed by atoms with Crippen molar-refractivity contribution in [3.63, 3.8) is 0 Å². The Bertz CT molecular complexity index is 809. The highest BCUT2D eigenvalue weighted by Crippen LogP contribution is 2.42. The van der Waals surface area contributed by atoms with E-state index in [1.165, 1.54) is 7.11 Å². The Morgan fingerprint density at radius 1 is 1.36 bits per heavy atom. The van der Waals surface area contributed by atoms with E-state index in [0.29, 0.717) is 16.9 Å². The molecule has 132 valence electrons. The Balaban J connectivity index is 2.16. The number of carbonyl (C=O) groups excluding carboxylic acids is 1. The molecule has 1 aliphatic rings. The van der Waals surface area contributed by atoms with Gasteiger partial charge in [0.05, 0.1) is 12.7 Å². The lowest BCUT2D eigenvalue weighted by Gasteiger charge is -2.41. The molecule has 0 bridgehead atoms. The van der Waals surface area contributed by atoms with Gasteiger partial charge in [0.25, 0.3) is 5.91 Å². The molecular weight excluding hydrogens is 384 g/mol. The van der Waals surface area contributed by atoms with E-state index in [0.717, 1.165) is 16.6 Å². The van der Waals surface area contributed by atoms with Crippen molar-refractivity contribution in [2.24, 2.45) is 0 Å². The van der Waals surface area contributed by atoms with E-state index in [2.05, 4.69) is 21.2 Å². The number of amides is 1. The van der Waals surface area contributed by atoms with Crippen LogP contribution in [0.15, 0.2) is 40.9 Å². The molecule has 1 heterocycles. The number of anilines is 1. The van der Waals surface area contributed by atoms with E-state index >= 15 is 0 Å². The van der Waals surface area contributed by atoms with Crippen LogP contribution in [0, 0.1) is 0 Å². The van der Waals surface area contributed by atoms with Crippen LogP contribution in [0.5, 0.6) is 11.5 Å². The average molecular weight is 405 g/mol. The zero-order valence-corrected chi connectivity index (χ0v) is 16.0. The van der Waals surface area contributed by atoms with Crippen molar-refractivity contribution >= 4 is 27.5 Å². The van der Waals surface area contributed by atoms with Gasteiger partial charge in [0.15, 0.2) is 11.5 Å². The molecule has 2 N–H and O–H groups in total. The lowest BCUT2D eigenvalue weighted by molar-refractivity contribution is 0.0591. The minimum absolute atomic E-state index is 0.00253. The zero-order valence-electron chi connectivity index (χ0n) is 14.4. The van der Waals surface area contributed by atoms with Crippen LogP contribution in [0.4, 0.5) is 5.69 Å². The highest BCUT2D eigenvalue weighted by atomic mass is 79.9. The Hall–Kier alpha value is -2.21. The van der Waals surface area contributed by atoms with Gasteiger partial charge in [0.2, 0.25) is 0 Å². The minimum Gasteiger partial charge on any atom is -0.504 e. The number of hydrogen-bond acceptors (Lipinski definition) is 4. The van der Waals surface area contributed by atoms with Crippen LogP contribution in [0.3, 0.4) is 0 Å². The summed E-state index contributed by atoms with van der Waals surface area (Å²) in [4.78, 5) is 14.9. The van der Waals surface area contributed by atoms with E-state index in [4.69, 9.17) is 4.74 Å². The fourth-order valence-electron chi connectivity index (χ4n) is 3.11. The molecular formula is C19H21BrN2O3. The number of hydrogen-bond donors (Lipinski definition) is 2. The maximum absolute atomic E-state index is 13.1. The van der Waals surface area contributed by atoms with Crippen molar-refractivity contribution in [1.29, 1.82) is 0 Å². The Labute approximate surface area is 155 Å². The van der Waals surface area contributed by atoms with E-state index in [1.54, 1.807) is 11.0 Å². The largest absolute Gasteiger partial charge is 0.504 e. The average Bonchev–Trinajstić information content (AvgIpc) is 2.62. The number of phenolic OH excluding ortho intramolecular Hbond substituents is 1. The predicted molar refractivity (Wildman–Crippen MR) is 101 cm³/mol. The molecule has 0 aliphatic carbocycles. The number of halogens is 1. The third-order valence-corrected chi connectivity index (χ3v) is 5.07. The maximum atomic E-state index is 13.1. The van der Waals surface area contributed by atoms with Crippen molar-refractivity contribution in [2.75, 3.05) is 12.4 Å². The summed E-state index contributed by atoms with van der Waals surface area (Å²) in [7, 11) is 1.51. The second-order valence-electron chi connectivity index (χ2n) is 6.11. The topological polar surface area (TPSA) is 61.8 Å². The Morgan fingerprint density at radius 3 is 2.76 bits per heavy atom. The molecule has 3 rings (SSSR count). The smallest absolute Gasteiger partial charge is 0.258 e. The molecule has 5 nitrogen and oxygen atoms in total. The Morgan fingerprint density at radius 2 is 2.08 bits per heavy atom. The van der Waals surface area contributed by atoms with Gasteiger partial charge < -0.3 is 20.1 Å². The standard InChI is InChI=1S/C19H21BrN2O3/c1-4-11(2)22-18(14-9-12(20)10-16(25-3)17(14)23)21-15-8-6-5-7-13(15)19(22)24/h5-11,18,21,23H,4H2,1-3H3/t11-,18+/m1/s1. The molecule has 2 aromatic carbocycles. The lowest BCUT2D eigenvalue weighted by atomic mass is 10.00. The molecule has 0 unspecified atom stereocenters. The van der Waals surface area contributed by atoms with Crippen LogP contribution in [0.2, 0.25) is 0 Å². The third kappa shape index (κ3) is 3.06. The Kier molecular flexibility index (Phi) is 4.90. The van der Waals surface area contributed by atoms with Gasteiger partial charge in [0.1, 0.15) is 6.17 Å². The molecule has 1 amide bonds. The normalized spacial score (nSPS) is 17.7. The van der Waals surface area contributed by atoms with Crippen LogP contribution in [0.1, 0.15) is 42.4 Å². The van der Waals surface area contributed by atoms with Crippen LogP contribution in [-0.4, -0.2) is 29.1 Å². The highest BCUT2D eigenvalue weighted by molar-refractivity contribution is 9.10. The molecule has 25 heavy (non-hydrogen) atoms. The molecule has 2 atom stereocenters. The van der Waals surface area contributed by atoms with Crippen molar-refractivity contribution in [3.8, 4) is 11.5 Å². The molecule has 0 fully saturated rings. The first-order chi connectivity index (χ1) is 12.0. The van der Waals surface area contributed by atoms with Crippen LogP contribution >= 0.6 is 15.9 Å². The molecule has 2 aromatic rings. The van der Waals surface area contributed by atoms with Gasteiger partial charge in [-0.2, -0.15) is 0 Å². The zero-order chi connectivity index (χ0) is 18.1. The van der Waals surface area contributed by atoms with Gasteiger partial charge in [-0.25, -0.2) is 0 Å². The van der Waals surface area contributed by atoms with Crippen molar-refractivity contribution in [1.82, 2.24) is 4.90 Å². The van der Waals surface area contributed by atoms with Crippen molar-refractivity contribution in [3.05, 3.63) is 52.0 Å². The summed E-state index contributed by atoms with van der Waals surface area (Å²) in [6.45, 7) is 4.05. The number of nitrogens with one attached hydrogen (secondary N) is 1. The number of rotatable bonds is 4. The SMILES string of the molecule is CC[C@@H](C)N1C(=O)c2ccccc2N[C@@H]1c1cc(Br)cc(OC)c1O. The van der Waals surface area contributed by atoms with Gasteiger partial charge in [-0.05, 0) is 37.6 Å². The van der Waals surface area contributed by atoms with Crippen molar-refractivity contribution < 1.29 is 14.6 Å². The molecule has 0 spiro atoms. The maximum Gasteiger partial charge on any atom is 0.258 e. The van der Waals surface area contributed by atoms with Crippen LogP contribution in [-0.2, 0) is 0 Å². The summed E-state index contributed by atoms with van der Waals surface area (Å²) in [5.74, 6) is 0.345. The monoisotopic (exact) mass is 404 g/mol. The third-order valence-electron chi connectivity index (χ3n) is 4.61. The number of methoxy groups -OCH3 is 1. The van der Waals surface area contributed by atoms with Crippen LogP contribution in [0.25, 0.3) is 0 Å². The van der Waals surface area contributed by atoms with E-state index < -0.39 is 6.17 Å². The second-order valence-corrected chi connectivity index (χ2v) is 7.02. The number of ether oxygens (including phenoxy) is 1. The summed E-state index contributed by atoms with van der Waals surface area (Å²) >= 11 is 3.45. The number of benzene rings is 2. The summed E-state index contributed by atoms with van der Waals surface area (Å²) in [6.07, 6.45) is 0.321. The summed E-state index contributed by atoms with van der Waals surface area (Å²) < 4.78 is 6.04. The van der Waals surface area contributed by atoms with Gasteiger partial charge in [0, 0.05) is 21.8 Å². The van der Waals surface area contributed by atoms with Crippen molar-refractivity contribution in [2.45, 2.75) is 32.5 Å². The first-order valence-electron chi connectivity index (χ1n) is 8.22. The van der Waals surface area contributed by atoms with E-state index in [9.17, 15) is 9.90 Å². The van der Waals surface area contributed by atoms with Gasteiger partial charge in [-0.15, -0.1) is 0 Å². The number of para-hydroxylation sites is 1. The minimum atomic E-state index is -0.483. The quantitative estimate of drug-likeness (QED) is 0.785. The number of aromatic hydroxyl groups is 1. The molecule has 0 radical (unpaired) electrons. The molecule has 0 saturated heterocycles. The summed E-state index contributed by atoms with van der Waals surface area (Å²) in [6, 6.07) is 10.9. The predicted octanol–water partition coefficient (Wildman–Crippen LogP) is 4.53. The van der Waals surface area contributed by atoms with Crippen LogP contribution < -0.4 is 10.1 Å². The summed E-state index contributed by atoms with van der Waals surface area (Å²) in [5, 5.41) is 14.0. The molecule has 0 saturated carbocycles. The van der Waals surface area contributed by atoms with E-state index in [-0.39, 0.29) is 17.7 Å². The van der Waals surface area contributed by atoms with Gasteiger partial charge >= 0.3 is 0 Å². The van der Waals surface area contributed by atoms with E-state index in [1.807, 2.05) is 44.2 Å². The first kappa shape index (κ1) is 17.6. The molecule has 0 aromatic heterocycles. The number of fused-ring (bicyclic) bond motifs is 1. The highest BCUT2D eigenvalue weighted by Gasteiger charge is 2.37. The number of phenols is 1. The van der Waals surface area contributed by atoms with Gasteiger partial charge in [-0.3, -0.25) is 4.79 Å². The fourth-order valence-corrected chi connectivity index (χ4v) is 3.56. The summed E-state index contributed by atoms with van der Waals surface area (Å²) in [5.41, 5.74) is 1.99. The van der Waals surface area contributed by atoms with Gasteiger partial charge in [-0.1, -0.05) is 35.0 Å². The second kappa shape index (κ2) is 6.96. The number of nitrogens with zero attached hydrogens (tertiary/aromatic N) is 1. The first-order valence-corrected chi connectivity index (χ1v) is 9.01. The molecule has 6 heteroatoms. The lowest BCUT2D eigenvalue weighted by Crippen LogP contribution is -2.47. The number of carbonyl (C=O) groups is 1. The molecule has 1 aliphatic heterocycles. The fraction of sp³-hybridized carbons (Fsp3) is 0.316.